The summed E-state index contributed by atoms with van der Waals surface area (Å²) in [5.74, 6) is -0.732. The Morgan fingerprint density at radius 3 is 2.46 bits per heavy atom. The lowest BCUT2D eigenvalue weighted by atomic mass is 10.2. The standard InChI is InChI=1S/C26H23F2N3O4.C2H6/c1-33-21-10-8-17(11-22(21)34-15-16-5-3-2-4-6-16)26-31-24(23(13-29)35-26)25(32)30-14-18-7-9-19(27)12-20(18)28;1-2/h2-12H,13-15,29H2,1H3,(H,30,32);1-2H3. The van der Waals surface area contributed by atoms with Crippen LogP contribution in [0.1, 0.15) is 41.2 Å². The first-order chi connectivity index (χ1) is 18.0. The third-order valence-corrected chi connectivity index (χ3v) is 5.20. The molecule has 1 heterocycles. The molecule has 7 nitrogen and oxygen atoms in total. The van der Waals surface area contributed by atoms with Gasteiger partial charge in [-0.2, -0.15) is 0 Å². The van der Waals surface area contributed by atoms with Gasteiger partial charge in [0.25, 0.3) is 5.91 Å². The fourth-order valence-corrected chi connectivity index (χ4v) is 3.37. The Hall–Kier alpha value is -4.24. The van der Waals surface area contributed by atoms with Crippen LogP contribution >= 0.6 is 0 Å². The van der Waals surface area contributed by atoms with Crippen LogP contribution in [0.5, 0.6) is 11.5 Å². The predicted molar refractivity (Wildman–Crippen MR) is 136 cm³/mol. The highest BCUT2D eigenvalue weighted by atomic mass is 19.1. The molecule has 0 bridgehead atoms. The second-order valence-corrected chi connectivity index (χ2v) is 7.55. The molecule has 3 N–H and O–H groups in total. The number of benzene rings is 3. The van der Waals surface area contributed by atoms with E-state index in [9.17, 15) is 13.6 Å². The third-order valence-electron chi connectivity index (χ3n) is 5.20. The summed E-state index contributed by atoms with van der Waals surface area (Å²) >= 11 is 0. The van der Waals surface area contributed by atoms with E-state index in [2.05, 4.69) is 10.3 Å². The smallest absolute Gasteiger partial charge is 0.273 e. The zero-order valence-corrected chi connectivity index (χ0v) is 20.9. The molecule has 0 saturated carbocycles. The van der Waals surface area contributed by atoms with Gasteiger partial charge in [-0.1, -0.05) is 50.2 Å². The lowest BCUT2D eigenvalue weighted by molar-refractivity contribution is 0.0944. The molecule has 0 saturated heterocycles. The van der Waals surface area contributed by atoms with Crippen LogP contribution < -0.4 is 20.5 Å². The molecule has 194 valence electrons. The number of rotatable bonds is 9. The summed E-state index contributed by atoms with van der Waals surface area (Å²) in [7, 11) is 1.54. The molecule has 1 aromatic heterocycles. The highest BCUT2D eigenvalue weighted by Gasteiger charge is 2.21. The van der Waals surface area contributed by atoms with Crippen LogP contribution in [0.15, 0.2) is 71.1 Å². The molecule has 0 aliphatic heterocycles. The Bertz CT molecular complexity index is 1330. The number of carbonyl (C=O) groups excluding carboxylic acids is 1. The van der Waals surface area contributed by atoms with Gasteiger partial charge in [0.05, 0.1) is 13.7 Å². The number of hydrogen-bond donors (Lipinski definition) is 2. The first-order valence-electron chi connectivity index (χ1n) is 11.8. The number of carbonyl (C=O) groups is 1. The molecule has 0 atom stereocenters. The molecule has 1 amide bonds. The first-order valence-corrected chi connectivity index (χ1v) is 11.8. The predicted octanol–water partition coefficient (Wildman–Crippen LogP) is 5.62. The molecule has 3 aromatic carbocycles. The van der Waals surface area contributed by atoms with Crippen LogP contribution in [0.3, 0.4) is 0 Å². The Labute approximate surface area is 214 Å². The summed E-state index contributed by atoms with van der Waals surface area (Å²) < 4.78 is 44.0. The third kappa shape index (κ3) is 6.92. The number of nitrogens with two attached hydrogens (primary N) is 1. The number of nitrogens with one attached hydrogen (secondary N) is 1. The van der Waals surface area contributed by atoms with Crippen molar-refractivity contribution in [2.75, 3.05) is 7.11 Å². The normalized spacial score (nSPS) is 10.3. The number of nitrogens with zero attached hydrogens (tertiary/aromatic N) is 1. The van der Waals surface area contributed by atoms with Gasteiger partial charge in [-0.3, -0.25) is 4.79 Å². The summed E-state index contributed by atoms with van der Waals surface area (Å²) in [6, 6.07) is 17.9. The lowest BCUT2D eigenvalue weighted by Crippen LogP contribution is -2.25. The second-order valence-electron chi connectivity index (χ2n) is 7.55. The summed E-state index contributed by atoms with van der Waals surface area (Å²) in [6.45, 7) is 4.10. The van der Waals surface area contributed by atoms with E-state index >= 15 is 0 Å². The van der Waals surface area contributed by atoms with Crippen LogP contribution in [0.2, 0.25) is 0 Å². The van der Waals surface area contributed by atoms with Gasteiger partial charge in [0, 0.05) is 23.7 Å². The molecule has 0 fully saturated rings. The fraction of sp³-hybridized carbons (Fsp3) is 0.214. The number of ether oxygens (including phenoxy) is 2. The number of halogens is 2. The fourth-order valence-electron chi connectivity index (χ4n) is 3.37. The maximum atomic E-state index is 13.9. The molecule has 0 unspecified atom stereocenters. The number of amides is 1. The Morgan fingerprint density at radius 1 is 1.03 bits per heavy atom. The van der Waals surface area contributed by atoms with Crippen molar-refractivity contribution in [1.29, 1.82) is 0 Å². The average Bonchev–Trinajstić information content (AvgIpc) is 3.37. The molecule has 4 rings (SSSR count). The van der Waals surface area contributed by atoms with Crippen molar-refractivity contribution < 1.29 is 27.5 Å². The highest BCUT2D eigenvalue weighted by Crippen LogP contribution is 2.33. The SMILES string of the molecule is CC.COc1ccc(-c2nc(C(=O)NCc3ccc(F)cc3F)c(CN)o2)cc1OCc1ccccc1. The Balaban J connectivity index is 0.00000186. The lowest BCUT2D eigenvalue weighted by Gasteiger charge is -2.11. The maximum Gasteiger partial charge on any atom is 0.273 e. The zero-order valence-electron chi connectivity index (χ0n) is 20.9. The molecular formula is C28H29F2N3O4. The quantitative estimate of drug-likeness (QED) is 0.304. The first kappa shape index (κ1) is 27.3. The molecule has 0 radical (unpaired) electrons. The van der Waals surface area contributed by atoms with Crippen molar-refractivity contribution in [3.8, 4) is 23.0 Å². The van der Waals surface area contributed by atoms with E-state index in [0.717, 1.165) is 17.7 Å². The van der Waals surface area contributed by atoms with Crippen molar-refractivity contribution in [3.05, 3.63) is 101 Å². The van der Waals surface area contributed by atoms with Gasteiger partial charge >= 0.3 is 0 Å². The molecule has 0 aliphatic rings. The Morgan fingerprint density at radius 2 is 1.78 bits per heavy atom. The van der Waals surface area contributed by atoms with Crippen molar-refractivity contribution in [2.45, 2.75) is 33.5 Å². The summed E-state index contributed by atoms with van der Waals surface area (Å²) in [5.41, 5.74) is 7.40. The van der Waals surface area contributed by atoms with Gasteiger partial charge < -0.3 is 24.9 Å². The maximum absolute atomic E-state index is 13.9. The summed E-state index contributed by atoms with van der Waals surface area (Å²) in [4.78, 5) is 17.0. The van der Waals surface area contributed by atoms with E-state index in [1.54, 1.807) is 18.2 Å². The summed E-state index contributed by atoms with van der Waals surface area (Å²) in [5, 5.41) is 2.56. The van der Waals surface area contributed by atoms with Crippen LogP contribution in [0.4, 0.5) is 8.78 Å². The van der Waals surface area contributed by atoms with Crippen molar-refractivity contribution in [2.24, 2.45) is 5.73 Å². The second kappa shape index (κ2) is 13.2. The number of hydrogen-bond acceptors (Lipinski definition) is 6. The van der Waals surface area contributed by atoms with Crippen molar-refractivity contribution in [1.82, 2.24) is 10.3 Å². The molecule has 0 aliphatic carbocycles. The van der Waals surface area contributed by atoms with E-state index in [0.29, 0.717) is 23.7 Å². The Kier molecular flexibility index (Phi) is 9.74. The van der Waals surface area contributed by atoms with Gasteiger partial charge in [0.15, 0.2) is 23.0 Å². The van der Waals surface area contributed by atoms with Crippen LogP contribution in [0.25, 0.3) is 11.5 Å². The van der Waals surface area contributed by atoms with Crippen molar-refractivity contribution in [3.63, 3.8) is 0 Å². The topological polar surface area (TPSA) is 99.6 Å². The minimum Gasteiger partial charge on any atom is -0.493 e. The van der Waals surface area contributed by atoms with E-state index in [1.165, 1.54) is 13.2 Å². The van der Waals surface area contributed by atoms with E-state index in [4.69, 9.17) is 19.6 Å². The van der Waals surface area contributed by atoms with Crippen LogP contribution in [-0.4, -0.2) is 18.0 Å². The number of aromatic nitrogens is 1. The van der Waals surface area contributed by atoms with Crippen LogP contribution in [-0.2, 0) is 19.7 Å². The van der Waals surface area contributed by atoms with E-state index in [1.807, 2.05) is 44.2 Å². The zero-order chi connectivity index (χ0) is 26.8. The molecule has 0 spiro atoms. The minimum absolute atomic E-state index is 0.0207. The number of oxazole rings is 1. The van der Waals surface area contributed by atoms with E-state index in [-0.39, 0.29) is 36.0 Å². The molecular weight excluding hydrogens is 480 g/mol. The van der Waals surface area contributed by atoms with Gasteiger partial charge in [0.2, 0.25) is 5.89 Å². The molecule has 9 heteroatoms. The average molecular weight is 510 g/mol. The molecule has 4 aromatic rings. The van der Waals surface area contributed by atoms with Crippen LogP contribution in [0, 0.1) is 11.6 Å². The minimum atomic E-state index is -0.758. The van der Waals surface area contributed by atoms with E-state index < -0.39 is 17.5 Å². The van der Waals surface area contributed by atoms with Gasteiger partial charge in [0.1, 0.15) is 18.2 Å². The largest absolute Gasteiger partial charge is 0.493 e. The monoisotopic (exact) mass is 509 g/mol. The van der Waals surface area contributed by atoms with Gasteiger partial charge in [-0.15, -0.1) is 0 Å². The number of methoxy groups -OCH3 is 1. The van der Waals surface area contributed by atoms with Crippen molar-refractivity contribution >= 4 is 5.91 Å². The van der Waals surface area contributed by atoms with Gasteiger partial charge in [-0.05, 0) is 29.8 Å². The highest BCUT2D eigenvalue weighted by molar-refractivity contribution is 5.93. The molecule has 37 heavy (non-hydrogen) atoms. The summed E-state index contributed by atoms with van der Waals surface area (Å²) in [6.07, 6.45) is 0. The van der Waals surface area contributed by atoms with Gasteiger partial charge in [-0.25, -0.2) is 13.8 Å².